The SMILES string of the molecule is CC(Oc1ccc(Cl)cc1Cl)C(=O)NC1CCN(C(C)C)CC1. The van der Waals surface area contributed by atoms with Gasteiger partial charge in [-0.15, -0.1) is 0 Å². The minimum atomic E-state index is -0.600. The van der Waals surface area contributed by atoms with Gasteiger partial charge in [-0.1, -0.05) is 23.2 Å². The zero-order valence-corrected chi connectivity index (χ0v) is 15.3. The number of carbonyl (C=O) groups is 1. The highest BCUT2D eigenvalue weighted by molar-refractivity contribution is 6.35. The molecule has 1 aromatic rings. The zero-order valence-electron chi connectivity index (χ0n) is 13.8. The molecule has 6 heteroatoms. The van der Waals surface area contributed by atoms with Crippen molar-refractivity contribution in [1.29, 1.82) is 0 Å². The van der Waals surface area contributed by atoms with Crippen molar-refractivity contribution in [2.24, 2.45) is 0 Å². The lowest BCUT2D eigenvalue weighted by atomic mass is 10.0. The number of carbonyl (C=O) groups excluding carboxylic acids is 1. The summed E-state index contributed by atoms with van der Waals surface area (Å²) >= 11 is 11.9. The Labute approximate surface area is 148 Å². The number of amides is 1. The lowest BCUT2D eigenvalue weighted by Crippen LogP contribution is -2.49. The van der Waals surface area contributed by atoms with Crippen LogP contribution in [0.15, 0.2) is 18.2 Å². The first-order valence-corrected chi connectivity index (χ1v) is 8.78. The van der Waals surface area contributed by atoms with Crippen LogP contribution >= 0.6 is 23.2 Å². The van der Waals surface area contributed by atoms with Gasteiger partial charge in [-0.25, -0.2) is 0 Å². The van der Waals surface area contributed by atoms with Gasteiger partial charge in [0, 0.05) is 30.2 Å². The number of hydrogen-bond donors (Lipinski definition) is 1. The van der Waals surface area contributed by atoms with Gasteiger partial charge in [-0.3, -0.25) is 4.79 Å². The van der Waals surface area contributed by atoms with Gasteiger partial charge in [0.15, 0.2) is 6.10 Å². The van der Waals surface area contributed by atoms with Crippen molar-refractivity contribution >= 4 is 29.1 Å². The van der Waals surface area contributed by atoms with Crippen LogP contribution in [-0.2, 0) is 4.79 Å². The fourth-order valence-corrected chi connectivity index (χ4v) is 3.15. The second-order valence-electron chi connectivity index (χ2n) is 6.25. The van der Waals surface area contributed by atoms with E-state index in [9.17, 15) is 4.79 Å². The molecule has 1 atom stereocenters. The molecule has 128 valence electrons. The Balaban J connectivity index is 1.83. The lowest BCUT2D eigenvalue weighted by Gasteiger charge is -2.35. The first-order chi connectivity index (χ1) is 10.9. The second kappa shape index (κ2) is 8.22. The summed E-state index contributed by atoms with van der Waals surface area (Å²) in [6.07, 6.45) is 1.34. The van der Waals surface area contributed by atoms with Gasteiger partial charge in [0.05, 0.1) is 5.02 Å². The van der Waals surface area contributed by atoms with Gasteiger partial charge < -0.3 is 15.0 Å². The smallest absolute Gasteiger partial charge is 0.260 e. The van der Waals surface area contributed by atoms with Crippen molar-refractivity contribution in [3.63, 3.8) is 0 Å². The third-order valence-electron chi connectivity index (χ3n) is 4.17. The Kier molecular flexibility index (Phi) is 6.57. The van der Waals surface area contributed by atoms with E-state index < -0.39 is 6.10 Å². The summed E-state index contributed by atoms with van der Waals surface area (Å²) in [5.41, 5.74) is 0. The van der Waals surface area contributed by atoms with E-state index in [1.54, 1.807) is 25.1 Å². The normalized spacial score (nSPS) is 18.0. The van der Waals surface area contributed by atoms with Crippen LogP contribution in [0, 0.1) is 0 Å². The maximum Gasteiger partial charge on any atom is 0.260 e. The van der Waals surface area contributed by atoms with Crippen molar-refractivity contribution in [3.8, 4) is 5.75 Å². The number of benzene rings is 1. The molecule has 1 aliphatic rings. The van der Waals surface area contributed by atoms with Gasteiger partial charge in [-0.05, 0) is 51.8 Å². The Bertz CT molecular complexity index is 543. The second-order valence-corrected chi connectivity index (χ2v) is 7.09. The van der Waals surface area contributed by atoms with Crippen LogP contribution in [0.5, 0.6) is 5.75 Å². The van der Waals surface area contributed by atoms with E-state index in [0.29, 0.717) is 21.8 Å². The number of piperidine rings is 1. The molecule has 1 unspecified atom stereocenters. The van der Waals surface area contributed by atoms with Crippen LogP contribution in [0.25, 0.3) is 0 Å². The molecule has 0 saturated carbocycles. The minimum Gasteiger partial charge on any atom is -0.479 e. The number of nitrogens with zero attached hydrogens (tertiary/aromatic N) is 1. The highest BCUT2D eigenvalue weighted by Crippen LogP contribution is 2.28. The van der Waals surface area contributed by atoms with E-state index in [0.717, 1.165) is 25.9 Å². The Hall–Kier alpha value is -0.970. The lowest BCUT2D eigenvalue weighted by molar-refractivity contribution is -0.128. The van der Waals surface area contributed by atoms with Gasteiger partial charge in [0.1, 0.15) is 5.75 Å². The molecular weight excluding hydrogens is 335 g/mol. The van der Waals surface area contributed by atoms with Crippen molar-refractivity contribution in [1.82, 2.24) is 10.2 Å². The molecule has 1 aromatic carbocycles. The molecule has 1 N–H and O–H groups in total. The molecule has 1 saturated heterocycles. The number of rotatable bonds is 5. The summed E-state index contributed by atoms with van der Waals surface area (Å²) in [4.78, 5) is 14.7. The molecule has 23 heavy (non-hydrogen) atoms. The number of ether oxygens (including phenoxy) is 1. The van der Waals surface area contributed by atoms with Crippen LogP contribution < -0.4 is 10.1 Å². The van der Waals surface area contributed by atoms with E-state index in [1.807, 2.05) is 0 Å². The average Bonchev–Trinajstić information content (AvgIpc) is 2.50. The maximum atomic E-state index is 12.3. The highest BCUT2D eigenvalue weighted by atomic mass is 35.5. The molecule has 2 rings (SSSR count). The quantitative estimate of drug-likeness (QED) is 0.871. The van der Waals surface area contributed by atoms with Crippen LogP contribution in [0.2, 0.25) is 10.0 Å². The summed E-state index contributed by atoms with van der Waals surface area (Å²) in [6, 6.07) is 5.74. The molecule has 1 fully saturated rings. The monoisotopic (exact) mass is 358 g/mol. The van der Waals surface area contributed by atoms with Crippen molar-refractivity contribution < 1.29 is 9.53 Å². The molecule has 0 spiro atoms. The van der Waals surface area contributed by atoms with Gasteiger partial charge in [0.25, 0.3) is 5.91 Å². The van der Waals surface area contributed by atoms with Crippen LogP contribution in [0.4, 0.5) is 0 Å². The standard InChI is InChI=1S/C17H24Cl2N2O2/c1-11(2)21-8-6-14(7-9-21)20-17(22)12(3)23-16-5-4-13(18)10-15(16)19/h4-5,10-12,14H,6-9H2,1-3H3,(H,20,22). The Morgan fingerprint density at radius 3 is 2.48 bits per heavy atom. The first kappa shape index (κ1) is 18.4. The summed E-state index contributed by atoms with van der Waals surface area (Å²) < 4.78 is 5.65. The number of nitrogens with one attached hydrogen (secondary N) is 1. The summed E-state index contributed by atoms with van der Waals surface area (Å²) in [6.45, 7) is 8.15. The molecule has 4 nitrogen and oxygen atoms in total. The summed E-state index contributed by atoms with van der Waals surface area (Å²) in [5.74, 6) is 0.354. The summed E-state index contributed by atoms with van der Waals surface area (Å²) in [7, 11) is 0. The molecule has 0 bridgehead atoms. The van der Waals surface area contributed by atoms with Crippen LogP contribution in [0.3, 0.4) is 0 Å². The van der Waals surface area contributed by atoms with E-state index >= 15 is 0 Å². The van der Waals surface area contributed by atoms with Gasteiger partial charge in [0.2, 0.25) is 0 Å². The van der Waals surface area contributed by atoms with E-state index in [2.05, 4.69) is 24.1 Å². The average molecular weight is 359 g/mol. The van der Waals surface area contributed by atoms with Gasteiger partial charge in [-0.2, -0.15) is 0 Å². The molecule has 1 aliphatic heterocycles. The van der Waals surface area contributed by atoms with Crippen molar-refractivity contribution in [2.45, 2.75) is 51.8 Å². The largest absolute Gasteiger partial charge is 0.479 e. The minimum absolute atomic E-state index is 0.112. The number of halogens is 2. The van der Waals surface area contributed by atoms with Gasteiger partial charge >= 0.3 is 0 Å². The molecule has 0 radical (unpaired) electrons. The fourth-order valence-electron chi connectivity index (χ4n) is 2.69. The predicted octanol–water partition coefficient (Wildman–Crippen LogP) is 3.75. The van der Waals surface area contributed by atoms with Crippen LogP contribution in [0.1, 0.15) is 33.6 Å². The first-order valence-electron chi connectivity index (χ1n) is 8.03. The van der Waals surface area contributed by atoms with Crippen LogP contribution in [-0.4, -0.2) is 42.1 Å². The Morgan fingerprint density at radius 2 is 1.91 bits per heavy atom. The Morgan fingerprint density at radius 1 is 1.26 bits per heavy atom. The number of likely N-dealkylation sites (tertiary alicyclic amines) is 1. The number of hydrogen-bond acceptors (Lipinski definition) is 3. The molecule has 0 aromatic heterocycles. The fraction of sp³-hybridized carbons (Fsp3) is 0.588. The maximum absolute atomic E-state index is 12.3. The highest BCUT2D eigenvalue weighted by Gasteiger charge is 2.24. The summed E-state index contributed by atoms with van der Waals surface area (Å²) in [5, 5.41) is 4.01. The molecule has 0 aliphatic carbocycles. The van der Waals surface area contributed by atoms with E-state index in [-0.39, 0.29) is 11.9 Å². The zero-order chi connectivity index (χ0) is 17.0. The van der Waals surface area contributed by atoms with Crippen molar-refractivity contribution in [2.75, 3.05) is 13.1 Å². The molecule has 1 amide bonds. The molecular formula is C17H24Cl2N2O2. The third-order valence-corrected chi connectivity index (χ3v) is 4.70. The predicted molar refractivity (Wildman–Crippen MR) is 94.4 cm³/mol. The van der Waals surface area contributed by atoms with E-state index in [1.165, 1.54) is 0 Å². The van der Waals surface area contributed by atoms with Crippen molar-refractivity contribution in [3.05, 3.63) is 28.2 Å². The third kappa shape index (κ3) is 5.27. The van der Waals surface area contributed by atoms with E-state index in [4.69, 9.17) is 27.9 Å². The molecule has 1 heterocycles. The topological polar surface area (TPSA) is 41.6 Å².